The lowest BCUT2D eigenvalue weighted by molar-refractivity contribution is -0.147. The van der Waals surface area contributed by atoms with E-state index < -0.39 is 11.7 Å². The van der Waals surface area contributed by atoms with Crippen LogP contribution in [-0.2, 0) is 22.4 Å². The van der Waals surface area contributed by atoms with E-state index in [0.717, 1.165) is 0 Å². The molecule has 0 radical (unpaired) electrons. The Hall–Kier alpha value is -2.65. The van der Waals surface area contributed by atoms with E-state index in [-0.39, 0.29) is 36.1 Å². The summed E-state index contributed by atoms with van der Waals surface area (Å²) in [4.78, 5) is 11.7. The lowest BCUT2D eigenvalue weighted by atomic mass is 9.95. The first-order chi connectivity index (χ1) is 11.7. The van der Waals surface area contributed by atoms with Crippen molar-refractivity contribution in [2.75, 3.05) is 0 Å². The minimum absolute atomic E-state index is 0.0256. The van der Waals surface area contributed by atoms with Crippen molar-refractivity contribution in [2.45, 2.75) is 44.8 Å². The number of amides is 1. The van der Waals surface area contributed by atoms with Crippen LogP contribution in [0.3, 0.4) is 0 Å². The van der Waals surface area contributed by atoms with Gasteiger partial charge in [-0.2, -0.15) is 0 Å². The van der Waals surface area contributed by atoms with Crippen LogP contribution in [0.2, 0.25) is 0 Å². The lowest BCUT2D eigenvalue weighted by Gasteiger charge is -2.24. The summed E-state index contributed by atoms with van der Waals surface area (Å²) in [6.07, 6.45) is -0.281. The first-order valence-corrected chi connectivity index (χ1v) is 7.89. The minimum atomic E-state index is -0.792. The van der Waals surface area contributed by atoms with E-state index in [0.29, 0.717) is 23.4 Å². The molecule has 2 atom stereocenters. The molecule has 1 aromatic heterocycles. The predicted octanol–water partition coefficient (Wildman–Crippen LogP) is 0.531. The Morgan fingerprint density at radius 2 is 2.00 bits per heavy atom. The molecule has 3 heterocycles. The van der Waals surface area contributed by atoms with Crippen LogP contribution in [0.15, 0.2) is 12.1 Å². The van der Waals surface area contributed by atoms with E-state index in [9.17, 15) is 15.0 Å². The quantitative estimate of drug-likeness (QED) is 0.686. The van der Waals surface area contributed by atoms with E-state index in [1.807, 2.05) is 0 Å². The fraction of sp³-hybridized carbons (Fsp3) is 0.438. The molecule has 4 rings (SSSR count). The van der Waals surface area contributed by atoms with E-state index in [1.165, 1.54) is 16.7 Å². The first-order valence-electron chi connectivity index (χ1n) is 7.89. The van der Waals surface area contributed by atoms with Crippen LogP contribution in [0.5, 0.6) is 11.5 Å². The zero-order chi connectivity index (χ0) is 17.9. The van der Waals surface area contributed by atoms with Crippen LogP contribution in [0.1, 0.15) is 30.0 Å². The van der Waals surface area contributed by atoms with E-state index in [1.54, 1.807) is 13.8 Å². The van der Waals surface area contributed by atoms with Crippen molar-refractivity contribution in [2.24, 2.45) is 5.73 Å². The number of carbonyl (C=O) groups is 1. The van der Waals surface area contributed by atoms with E-state index in [2.05, 4.69) is 10.2 Å². The maximum absolute atomic E-state index is 11.7. The summed E-state index contributed by atoms with van der Waals surface area (Å²) in [7, 11) is 0. The minimum Gasteiger partial charge on any atom is -0.508 e. The summed E-state index contributed by atoms with van der Waals surface area (Å²) in [5.41, 5.74) is 6.42. The molecule has 0 aliphatic carbocycles. The van der Waals surface area contributed by atoms with Crippen molar-refractivity contribution < 1.29 is 24.5 Å². The molecule has 2 aliphatic rings. The largest absolute Gasteiger partial charge is 0.508 e. The number of nitrogens with zero attached hydrogens (tertiary/aromatic N) is 3. The highest BCUT2D eigenvalue weighted by Gasteiger charge is 2.44. The zero-order valence-corrected chi connectivity index (χ0v) is 13.8. The standard InChI is InChI=1S/C16H18N4O5/c1-16(2)24-10-4-7-3-8(21)5-9(22)12(7)14-18-19-15(13(17)23)20(14)6-11(10)25-16/h3,5,10-11,21-22H,4,6H2,1-2H3,(H2,17,23). The van der Waals surface area contributed by atoms with Crippen LogP contribution in [0.4, 0.5) is 0 Å². The second kappa shape index (κ2) is 5.17. The molecule has 1 saturated heterocycles. The number of rotatable bonds is 1. The Morgan fingerprint density at radius 3 is 2.72 bits per heavy atom. The number of benzene rings is 1. The van der Waals surface area contributed by atoms with Crippen molar-refractivity contribution >= 4 is 5.91 Å². The molecule has 9 heteroatoms. The maximum Gasteiger partial charge on any atom is 0.286 e. The highest BCUT2D eigenvalue weighted by Crippen LogP contribution is 2.41. The van der Waals surface area contributed by atoms with Crippen molar-refractivity contribution in [3.63, 3.8) is 0 Å². The Kier molecular flexibility index (Phi) is 3.28. The van der Waals surface area contributed by atoms with Gasteiger partial charge in [0.15, 0.2) is 11.6 Å². The second-order valence-corrected chi connectivity index (χ2v) is 6.74. The van der Waals surface area contributed by atoms with E-state index >= 15 is 0 Å². The van der Waals surface area contributed by atoms with Gasteiger partial charge in [-0.1, -0.05) is 0 Å². The first kappa shape index (κ1) is 15.9. The number of phenols is 2. The number of aromatic nitrogens is 3. The van der Waals surface area contributed by atoms with Gasteiger partial charge >= 0.3 is 0 Å². The van der Waals surface area contributed by atoms with Gasteiger partial charge in [0.2, 0.25) is 5.82 Å². The number of nitrogens with two attached hydrogens (primary N) is 1. The van der Waals surface area contributed by atoms with Crippen LogP contribution in [0.25, 0.3) is 11.4 Å². The number of ether oxygens (including phenoxy) is 2. The highest BCUT2D eigenvalue weighted by atomic mass is 16.8. The molecule has 132 valence electrons. The second-order valence-electron chi connectivity index (χ2n) is 6.74. The molecule has 2 unspecified atom stereocenters. The molecule has 0 spiro atoms. The summed E-state index contributed by atoms with van der Waals surface area (Å²) in [6, 6.07) is 2.76. The molecule has 1 amide bonds. The van der Waals surface area contributed by atoms with Gasteiger partial charge in [-0.3, -0.25) is 4.79 Å². The van der Waals surface area contributed by atoms with Gasteiger partial charge in [-0.15, -0.1) is 10.2 Å². The number of primary amides is 1. The summed E-state index contributed by atoms with van der Waals surface area (Å²) in [5.74, 6) is -1.48. The summed E-state index contributed by atoms with van der Waals surface area (Å²) < 4.78 is 13.4. The Balaban J connectivity index is 1.95. The highest BCUT2D eigenvalue weighted by molar-refractivity contribution is 5.90. The number of hydrogen-bond acceptors (Lipinski definition) is 7. The van der Waals surface area contributed by atoms with Gasteiger partial charge in [0.05, 0.1) is 18.2 Å². The number of phenolic OH excluding ortho intramolecular Hbond substituents is 2. The van der Waals surface area contributed by atoms with Crippen LogP contribution in [-0.4, -0.2) is 48.9 Å². The third-order valence-corrected chi connectivity index (χ3v) is 4.45. The third kappa shape index (κ3) is 2.52. The fourth-order valence-corrected chi connectivity index (χ4v) is 3.56. The zero-order valence-electron chi connectivity index (χ0n) is 13.8. The molecular weight excluding hydrogens is 328 g/mol. The SMILES string of the molecule is CC1(C)OC2Cc3cc(O)cc(O)c3-c3nnc(C(N)=O)n3CC2O1. The predicted molar refractivity (Wildman–Crippen MR) is 84.8 cm³/mol. The molecule has 0 bridgehead atoms. The Bertz CT molecular complexity index is 876. The number of carbonyl (C=O) groups excluding carboxylic acids is 1. The molecule has 1 fully saturated rings. The summed E-state index contributed by atoms with van der Waals surface area (Å²) in [5, 5.41) is 28.1. The van der Waals surface area contributed by atoms with Gasteiger partial charge < -0.3 is 30.0 Å². The van der Waals surface area contributed by atoms with Crippen LogP contribution in [0, 0.1) is 0 Å². The number of aromatic hydroxyl groups is 2. The number of fused-ring (bicyclic) bond motifs is 4. The Morgan fingerprint density at radius 1 is 1.28 bits per heavy atom. The Labute approximate surface area is 143 Å². The number of hydrogen-bond donors (Lipinski definition) is 3. The summed E-state index contributed by atoms with van der Waals surface area (Å²) in [6.45, 7) is 3.87. The average Bonchev–Trinajstić information content (AvgIpc) is 2.98. The smallest absolute Gasteiger partial charge is 0.286 e. The molecular formula is C16H18N4O5. The normalized spacial score (nSPS) is 23.9. The van der Waals surface area contributed by atoms with Crippen molar-refractivity contribution in [1.82, 2.24) is 14.8 Å². The molecule has 25 heavy (non-hydrogen) atoms. The van der Waals surface area contributed by atoms with Gasteiger partial charge in [-0.05, 0) is 25.5 Å². The molecule has 1 aromatic carbocycles. The monoisotopic (exact) mass is 346 g/mol. The van der Waals surface area contributed by atoms with Crippen molar-refractivity contribution in [3.05, 3.63) is 23.5 Å². The van der Waals surface area contributed by atoms with Gasteiger partial charge in [-0.25, -0.2) is 0 Å². The van der Waals surface area contributed by atoms with Crippen LogP contribution < -0.4 is 5.73 Å². The van der Waals surface area contributed by atoms with Crippen molar-refractivity contribution in [1.29, 1.82) is 0 Å². The molecule has 2 aliphatic heterocycles. The topological polar surface area (TPSA) is 133 Å². The van der Waals surface area contributed by atoms with E-state index in [4.69, 9.17) is 15.2 Å². The molecule has 9 nitrogen and oxygen atoms in total. The lowest BCUT2D eigenvalue weighted by Crippen LogP contribution is -2.33. The third-order valence-electron chi connectivity index (χ3n) is 4.45. The van der Waals surface area contributed by atoms with Gasteiger partial charge in [0.1, 0.15) is 17.6 Å². The van der Waals surface area contributed by atoms with Crippen molar-refractivity contribution in [3.8, 4) is 22.9 Å². The fourth-order valence-electron chi connectivity index (χ4n) is 3.56. The van der Waals surface area contributed by atoms with Gasteiger partial charge in [0, 0.05) is 12.5 Å². The average molecular weight is 346 g/mol. The molecule has 2 aromatic rings. The van der Waals surface area contributed by atoms with Crippen LogP contribution >= 0.6 is 0 Å². The van der Waals surface area contributed by atoms with Gasteiger partial charge in [0.25, 0.3) is 5.91 Å². The molecule has 0 saturated carbocycles. The maximum atomic E-state index is 11.7. The molecule has 4 N–H and O–H groups in total. The summed E-state index contributed by atoms with van der Waals surface area (Å²) >= 11 is 0.